The van der Waals surface area contributed by atoms with Crippen LogP contribution in [0.1, 0.15) is 63.0 Å². The van der Waals surface area contributed by atoms with Gasteiger partial charge in [-0.05, 0) is 45.4 Å². The lowest BCUT2D eigenvalue weighted by Crippen LogP contribution is -2.43. The third-order valence-electron chi connectivity index (χ3n) is 3.98. The summed E-state index contributed by atoms with van der Waals surface area (Å²) in [6.07, 6.45) is 4.23. The summed E-state index contributed by atoms with van der Waals surface area (Å²) in [5.41, 5.74) is -0.934. The van der Waals surface area contributed by atoms with Crippen molar-refractivity contribution in [2.24, 2.45) is 5.92 Å². The summed E-state index contributed by atoms with van der Waals surface area (Å²) in [6, 6.07) is 0.0394. The number of hydrogen-bond donors (Lipinski definition) is 1. The molecule has 0 radical (unpaired) electrons. The van der Waals surface area contributed by atoms with Crippen LogP contribution in [0.5, 0.6) is 0 Å². The zero-order chi connectivity index (χ0) is 14.2. The zero-order valence-corrected chi connectivity index (χ0v) is 12.4. The van der Waals surface area contributed by atoms with E-state index in [1.807, 2.05) is 13.8 Å². The largest absolute Gasteiger partial charge is 0.382 e. The van der Waals surface area contributed by atoms with Crippen molar-refractivity contribution in [3.05, 3.63) is 16.9 Å². The maximum Gasteiger partial charge on any atom is 0.213 e. The van der Waals surface area contributed by atoms with E-state index in [0.29, 0.717) is 29.5 Å². The van der Waals surface area contributed by atoms with Crippen molar-refractivity contribution in [2.75, 3.05) is 0 Å². The maximum absolute atomic E-state index is 12.6. The molecule has 1 aliphatic carbocycles. The summed E-state index contributed by atoms with van der Waals surface area (Å²) in [6.45, 7) is 6.02. The van der Waals surface area contributed by atoms with Crippen LogP contribution in [0.4, 0.5) is 0 Å². The summed E-state index contributed by atoms with van der Waals surface area (Å²) in [4.78, 5) is 12.6. The van der Waals surface area contributed by atoms with Gasteiger partial charge in [0.1, 0.15) is 11.3 Å². The number of carbonyl (C=O) groups excluding carboxylic acids is 1. The smallest absolute Gasteiger partial charge is 0.213 e. The maximum atomic E-state index is 12.6. The van der Waals surface area contributed by atoms with Gasteiger partial charge in [-0.15, -0.1) is 0 Å². The molecule has 1 aromatic rings. The molecular weight excluding hydrogens is 264 g/mol. The minimum atomic E-state index is -1.27. The van der Waals surface area contributed by atoms with Gasteiger partial charge >= 0.3 is 0 Å². The highest BCUT2D eigenvalue weighted by Gasteiger charge is 2.41. The molecule has 1 aliphatic rings. The molecule has 0 atom stereocenters. The van der Waals surface area contributed by atoms with Gasteiger partial charge in [-0.3, -0.25) is 9.48 Å². The van der Waals surface area contributed by atoms with Crippen LogP contribution in [0.2, 0.25) is 5.02 Å². The molecular formula is C14H21ClN2O2. The second kappa shape index (κ2) is 5.25. The summed E-state index contributed by atoms with van der Waals surface area (Å²) >= 11 is 6.08. The Hall–Kier alpha value is -0.870. The first-order valence-corrected chi connectivity index (χ1v) is 7.23. The molecule has 1 heterocycles. The minimum Gasteiger partial charge on any atom is -0.382 e. The van der Waals surface area contributed by atoms with Gasteiger partial charge in [0, 0.05) is 6.04 Å². The van der Waals surface area contributed by atoms with Crippen LogP contribution in [0, 0.1) is 5.92 Å². The predicted octanol–water partition coefficient (Wildman–Crippen LogP) is 3.24. The standard InChI is InChI=1S/C14H21ClN2O2/c1-9(2)17-12(11(15)8-16-17)13(18)14(19)6-4-10(3)5-7-14/h8-10,19H,4-7H2,1-3H3. The van der Waals surface area contributed by atoms with Gasteiger partial charge < -0.3 is 5.11 Å². The normalized spacial score (nSPS) is 27.8. The molecule has 2 rings (SSSR count). The SMILES string of the molecule is CC1CCC(O)(C(=O)c2c(Cl)cnn2C(C)C)CC1. The number of carbonyl (C=O) groups is 1. The molecule has 0 unspecified atom stereocenters. The van der Waals surface area contributed by atoms with Gasteiger partial charge in [-0.25, -0.2) is 0 Å². The summed E-state index contributed by atoms with van der Waals surface area (Å²) in [7, 11) is 0. The Balaban J connectivity index is 2.31. The first kappa shape index (κ1) is 14.5. The van der Waals surface area contributed by atoms with E-state index < -0.39 is 5.60 Å². The summed E-state index contributed by atoms with van der Waals surface area (Å²) in [5, 5.41) is 15.1. The molecule has 0 bridgehead atoms. The van der Waals surface area contributed by atoms with Gasteiger partial charge in [-0.2, -0.15) is 5.10 Å². The molecule has 0 saturated heterocycles. The Kier molecular flexibility index (Phi) is 4.02. The molecule has 0 amide bonds. The number of hydrogen-bond acceptors (Lipinski definition) is 3. The number of nitrogens with zero attached hydrogens (tertiary/aromatic N) is 2. The molecule has 1 fully saturated rings. The van der Waals surface area contributed by atoms with Crippen LogP contribution in [0.3, 0.4) is 0 Å². The molecule has 0 spiro atoms. The second-order valence-electron chi connectivity index (χ2n) is 5.92. The molecule has 19 heavy (non-hydrogen) atoms. The quantitative estimate of drug-likeness (QED) is 0.867. The highest BCUT2D eigenvalue weighted by atomic mass is 35.5. The molecule has 0 aliphatic heterocycles. The molecule has 1 saturated carbocycles. The first-order chi connectivity index (χ1) is 8.85. The van der Waals surface area contributed by atoms with Crippen molar-refractivity contribution >= 4 is 17.4 Å². The number of Topliss-reactive ketones (excluding diaryl/α,β-unsaturated/α-hetero) is 1. The van der Waals surface area contributed by atoms with E-state index in [4.69, 9.17) is 11.6 Å². The fourth-order valence-corrected chi connectivity index (χ4v) is 2.85. The monoisotopic (exact) mass is 284 g/mol. The zero-order valence-electron chi connectivity index (χ0n) is 11.7. The van der Waals surface area contributed by atoms with Gasteiger partial charge in [-0.1, -0.05) is 18.5 Å². The number of aliphatic hydroxyl groups is 1. The van der Waals surface area contributed by atoms with Crippen molar-refractivity contribution in [3.8, 4) is 0 Å². The Labute approximate surface area is 118 Å². The number of halogens is 1. The average Bonchev–Trinajstić information content (AvgIpc) is 2.74. The first-order valence-electron chi connectivity index (χ1n) is 6.85. The average molecular weight is 285 g/mol. The van der Waals surface area contributed by atoms with Crippen LogP contribution < -0.4 is 0 Å². The van der Waals surface area contributed by atoms with E-state index in [1.165, 1.54) is 6.20 Å². The summed E-state index contributed by atoms with van der Waals surface area (Å²) < 4.78 is 1.60. The van der Waals surface area contributed by atoms with Crippen molar-refractivity contribution in [1.29, 1.82) is 0 Å². The van der Waals surface area contributed by atoms with E-state index >= 15 is 0 Å². The Bertz CT molecular complexity index is 474. The lowest BCUT2D eigenvalue weighted by Gasteiger charge is -2.33. The van der Waals surface area contributed by atoms with Crippen LogP contribution in [-0.4, -0.2) is 26.3 Å². The molecule has 5 heteroatoms. The molecule has 1 aromatic heterocycles. The van der Waals surface area contributed by atoms with Gasteiger partial charge in [0.05, 0.1) is 11.2 Å². The fourth-order valence-electron chi connectivity index (χ4n) is 2.63. The van der Waals surface area contributed by atoms with Crippen LogP contribution in [-0.2, 0) is 0 Å². The second-order valence-corrected chi connectivity index (χ2v) is 6.33. The van der Waals surface area contributed by atoms with Crippen LogP contribution >= 0.6 is 11.6 Å². The Morgan fingerprint density at radius 1 is 1.53 bits per heavy atom. The highest BCUT2D eigenvalue weighted by Crippen LogP contribution is 2.36. The molecule has 0 aromatic carbocycles. The number of rotatable bonds is 3. The Morgan fingerprint density at radius 2 is 2.11 bits per heavy atom. The van der Waals surface area contributed by atoms with E-state index in [-0.39, 0.29) is 11.8 Å². The third kappa shape index (κ3) is 2.70. The van der Waals surface area contributed by atoms with Crippen molar-refractivity contribution < 1.29 is 9.90 Å². The van der Waals surface area contributed by atoms with Crippen molar-refractivity contribution in [1.82, 2.24) is 9.78 Å². The highest BCUT2D eigenvalue weighted by molar-refractivity contribution is 6.34. The van der Waals surface area contributed by atoms with Gasteiger partial charge in [0.25, 0.3) is 0 Å². The predicted molar refractivity (Wildman–Crippen MR) is 74.5 cm³/mol. The van der Waals surface area contributed by atoms with Crippen molar-refractivity contribution in [2.45, 2.75) is 58.1 Å². The lowest BCUT2D eigenvalue weighted by atomic mass is 9.76. The molecule has 106 valence electrons. The van der Waals surface area contributed by atoms with E-state index in [9.17, 15) is 9.90 Å². The molecule has 1 N–H and O–H groups in total. The van der Waals surface area contributed by atoms with Crippen LogP contribution in [0.25, 0.3) is 0 Å². The topological polar surface area (TPSA) is 55.1 Å². The summed E-state index contributed by atoms with van der Waals surface area (Å²) in [5.74, 6) is 0.286. The van der Waals surface area contributed by atoms with E-state index in [0.717, 1.165) is 12.8 Å². The Morgan fingerprint density at radius 3 is 2.63 bits per heavy atom. The van der Waals surface area contributed by atoms with E-state index in [2.05, 4.69) is 12.0 Å². The minimum absolute atomic E-state index is 0.0394. The fraction of sp³-hybridized carbons (Fsp3) is 0.714. The van der Waals surface area contributed by atoms with E-state index in [1.54, 1.807) is 4.68 Å². The van der Waals surface area contributed by atoms with Crippen molar-refractivity contribution in [3.63, 3.8) is 0 Å². The van der Waals surface area contributed by atoms with Crippen LogP contribution in [0.15, 0.2) is 6.20 Å². The van der Waals surface area contributed by atoms with Gasteiger partial charge in [0.2, 0.25) is 5.78 Å². The number of ketones is 1. The molecule has 4 nitrogen and oxygen atoms in total. The number of aromatic nitrogens is 2. The van der Waals surface area contributed by atoms with Gasteiger partial charge in [0.15, 0.2) is 0 Å². The lowest BCUT2D eigenvalue weighted by molar-refractivity contribution is 0.00327. The third-order valence-corrected chi connectivity index (χ3v) is 4.26.